The van der Waals surface area contributed by atoms with Gasteiger partial charge in [-0.3, -0.25) is 9.59 Å². The number of anilines is 2. The summed E-state index contributed by atoms with van der Waals surface area (Å²) in [4.78, 5) is 39.6. The summed E-state index contributed by atoms with van der Waals surface area (Å²) in [5, 5.41) is 2.97. The number of rotatable bonds is 6. The van der Waals surface area contributed by atoms with Gasteiger partial charge in [-0.25, -0.2) is 4.98 Å². The van der Waals surface area contributed by atoms with Crippen molar-refractivity contribution < 1.29 is 9.59 Å². The molecule has 2 aliphatic heterocycles. The van der Waals surface area contributed by atoms with Crippen molar-refractivity contribution in [1.82, 2.24) is 19.8 Å². The Bertz CT molecular complexity index is 682. The number of likely N-dealkylation sites (N-methyl/N-ethyl adjacent to an activating group) is 1. The van der Waals surface area contributed by atoms with E-state index < -0.39 is 0 Å². The molecule has 1 N–H and O–H groups in total. The Kier molecular flexibility index (Phi) is 7.66. The summed E-state index contributed by atoms with van der Waals surface area (Å²) in [5.74, 6) is 2.07. The molecule has 8 heteroatoms. The van der Waals surface area contributed by atoms with Gasteiger partial charge in [-0.15, -0.1) is 0 Å². The summed E-state index contributed by atoms with van der Waals surface area (Å²) in [6, 6.07) is 1.93. The normalized spacial score (nSPS) is 18.3. The molecule has 3 rings (SSSR count). The summed E-state index contributed by atoms with van der Waals surface area (Å²) in [6.07, 6.45) is 8.74. The van der Waals surface area contributed by atoms with Crippen LogP contribution in [0.15, 0.2) is 12.3 Å². The number of amides is 2. The first-order valence-electron chi connectivity index (χ1n) is 10.8. The van der Waals surface area contributed by atoms with E-state index in [2.05, 4.69) is 20.2 Å². The predicted octanol–water partition coefficient (Wildman–Crippen LogP) is 1.99. The van der Waals surface area contributed by atoms with Gasteiger partial charge in [-0.1, -0.05) is 12.8 Å². The molecule has 160 valence electrons. The first kappa shape index (κ1) is 21.3. The molecule has 2 aliphatic rings. The highest BCUT2D eigenvalue weighted by molar-refractivity contribution is 5.84. The molecule has 2 fully saturated rings. The van der Waals surface area contributed by atoms with Crippen molar-refractivity contribution in [2.75, 3.05) is 57.0 Å². The molecule has 0 aliphatic carbocycles. The van der Waals surface area contributed by atoms with Crippen LogP contribution in [-0.4, -0.2) is 78.4 Å². The SMILES string of the molecule is CNc1nccc(N2CCC(CC(=O)N(C)CC(=O)N3CCCCCC3)CC2)n1. The van der Waals surface area contributed by atoms with E-state index in [1.165, 1.54) is 12.8 Å². The van der Waals surface area contributed by atoms with Crippen molar-refractivity contribution in [2.45, 2.75) is 44.9 Å². The summed E-state index contributed by atoms with van der Waals surface area (Å²) >= 11 is 0. The fraction of sp³-hybridized carbons (Fsp3) is 0.714. The first-order valence-corrected chi connectivity index (χ1v) is 10.8. The summed E-state index contributed by atoms with van der Waals surface area (Å²) in [7, 11) is 3.57. The number of nitrogens with zero attached hydrogens (tertiary/aromatic N) is 5. The molecule has 8 nitrogen and oxygen atoms in total. The van der Waals surface area contributed by atoms with Crippen LogP contribution in [0.3, 0.4) is 0 Å². The van der Waals surface area contributed by atoms with Gasteiger partial charge in [0.1, 0.15) is 5.82 Å². The van der Waals surface area contributed by atoms with E-state index in [1.54, 1.807) is 18.1 Å². The van der Waals surface area contributed by atoms with Gasteiger partial charge < -0.3 is 20.0 Å². The molecule has 3 heterocycles. The Balaban J connectivity index is 1.43. The molecule has 29 heavy (non-hydrogen) atoms. The fourth-order valence-corrected chi connectivity index (χ4v) is 4.13. The maximum absolute atomic E-state index is 12.6. The number of nitrogens with one attached hydrogen (secondary N) is 1. The number of aromatic nitrogens is 2. The van der Waals surface area contributed by atoms with Gasteiger partial charge >= 0.3 is 0 Å². The lowest BCUT2D eigenvalue weighted by Crippen LogP contribution is -2.42. The molecule has 1 aromatic rings. The standard InChI is InChI=1S/C21H34N6O2/c1-22-21-23-10-7-18(24-21)26-13-8-17(9-14-26)15-19(28)25(2)16-20(29)27-11-5-3-4-6-12-27/h7,10,17H,3-6,8-9,11-16H2,1-2H3,(H,22,23,24). The number of hydrogen-bond acceptors (Lipinski definition) is 6. The largest absolute Gasteiger partial charge is 0.357 e. The molecule has 0 aromatic carbocycles. The van der Waals surface area contributed by atoms with E-state index in [4.69, 9.17) is 0 Å². The Morgan fingerprint density at radius 2 is 1.83 bits per heavy atom. The monoisotopic (exact) mass is 402 g/mol. The second-order valence-electron chi connectivity index (χ2n) is 8.17. The van der Waals surface area contributed by atoms with Gasteiger partial charge in [-0.05, 0) is 37.7 Å². The van der Waals surface area contributed by atoms with Crippen molar-refractivity contribution in [3.63, 3.8) is 0 Å². The van der Waals surface area contributed by atoms with E-state index in [1.807, 2.05) is 18.0 Å². The second kappa shape index (κ2) is 10.4. The van der Waals surface area contributed by atoms with Crippen LogP contribution in [-0.2, 0) is 9.59 Å². The number of likely N-dealkylation sites (tertiary alicyclic amines) is 1. The van der Waals surface area contributed by atoms with Gasteiger partial charge in [0, 0.05) is 52.9 Å². The van der Waals surface area contributed by atoms with Crippen LogP contribution < -0.4 is 10.2 Å². The molecule has 0 bridgehead atoms. The van der Waals surface area contributed by atoms with Crippen LogP contribution in [0.25, 0.3) is 0 Å². The summed E-state index contributed by atoms with van der Waals surface area (Å²) in [5.41, 5.74) is 0. The highest BCUT2D eigenvalue weighted by atomic mass is 16.2. The molecule has 0 atom stereocenters. The average molecular weight is 403 g/mol. The molecule has 2 amide bonds. The molecule has 2 saturated heterocycles. The number of piperidine rings is 1. The highest BCUT2D eigenvalue weighted by Crippen LogP contribution is 2.25. The zero-order chi connectivity index (χ0) is 20.6. The fourth-order valence-electron chi connectivity index (χ4n) is 4.13. The minimum absolute atomic E-state index is 0.0751. The minimum Gasteiger partial charge on any atom is -0.357 e. The van der Waals surface area contributed by atoms with Crippen LogP contribution in [0.5, 0.6) is 0 Å². The van der Waals surface area contributed by atoms with Gasteiger partial charge in [-0.2, -0.15) is 4.98 Å². The Morgan fingerprint density at radius 3 is 2.48 bits per heavy atom. The van der Waals surface area contributed by atoms with Crippen LogP contribution in [0, 0.1) is 5.92 Å². The zero-order valence-electron chi connectivity index (χ0n) is 17.8. The Morgan fingerprint density at radius 1 is 1.14 bits per heavy atom. The van der Waals surface area contributed by atoms with Gasteiger partial charge in [0.15, 0.2) is 0 Å². The van der Waals surface area contributed by atoms with E-state index in [9.17, 15) is 9.59 Å². The molecule has 0 saturated carbocycles. The van der Waals surface area contributed by atoms with Crippen molar-refractivity contribution >= 4 is 23.6 Å². The lowest BCUT2D eigenvalue weighted by Gasteiger charge is -2.33. The number of hydrogen-bond donors (Lipinski definition) is 1. The first-order chi connectivity index (χ1) is 14.1. The third-order valence-electron chi connectivity index (χ3n) is 6.02. The van der Waals surface area contributed by atoms with Gasteiger partial charge in [0.2, 0.25) is 17.8 Å². The molecule has 1 aromatic heterocycles. The lowest BCUT2D eigenvalue weighted by atomic mass is 9.93. The predicted molar refractivity (Wildman–Crippen MR) is 114 cm³/mol. The zero-order valence-corrected chi connectivity index (χ0v) is 17.8. The number of carbonyl (C=O) groups is 2. The van der Waals surface area contributed by atoms with Crippen LogP contribution in [0.2, 0.25) is 0 Å². The highest BCUT2D eigenvalue weighted by Gasteiger charge is 2.25. The number of carbonyl (C=O) groups excluding carboxylic acids is 2. The smallest absolute Gasteiger partial charge is 0.242 e. The maximum atomic E-state index is 12.6. The average Bonchev–Trinajstić information content (AvgIpc) is 3.04. The summed E-state index contributed by atoms with van der Waals surface area (Å²) in [6.45, 7) is 3.63. The van der Waals surface area contributed by atoms with Gasteiger partial charge in [0.25, 0.3) is 0 Å². The van der Waals surface area contributed by atoms with E-state index in [0.29, 0.717) is 18.3 Å². The minimum atomic E-state index is 0.0751. The van der Waals surface area contributed by atoms with Crippen LogP contribution in [0.1, 0.15) is 44.9 Å². The molecule has 0 spiro atoms. The molecular formula is C21H34N6O2. The van der Waals surface area contributed by atoms with Crippen molar-refractivity contribution in [1.29, 1.82) is 0 Å². The molecule has 0 radical (unpaired) electrons. The molecular weight excluding hydrogens is 368 g/mol. The van der Waals surface area contributed by atoms with Crippen molar-refractivity contribution in [2.24, 2.45) is 5.92 Å². The quantitative estimate of drug-likeness (QED) is 0.784. The Labute approximate surface area is 173 Å². The van der Waals surface area contributed by atoms with Crippen molar-refractivity contribution in [3.8, 4) is 0 Å². The Hall–Kier alpha value is -2.38. The van der Waals surface area contributed by atoms with Crippen molar-refractivity contribution in [3.05, 3.63) is 12.3 Å². The third kappa shape index (κ3) is 6.05. The lowest BCUT2D eigenvalue weighted by molar-refractivity contribution is -0.140. The van der Waals surface area contributed by atoms with E-state index in [-0.39, 0.29) is 18.4 Å². The third-order valence-corrected chi connectivity index (χ3v) is 6.02. The van der Waals surface area contributed by atoms with Crippen LogP contribution >= 0.6 is 0 Å². The van der Waals surface area contributed by atoms with Crippen LogP contribution in [0.4, 0.5) is 11.8 Å². The second-order valence-corrected chi connectivity index (χ2v) is 8.17. The van der Waals surface area contributed by atoms with E-state index >= 15 is 0 Å². The van der Waals surface area contributed by atoms with Gasteiger partial charge in [0.05, 0.1) is 6.54 Å². The summed E-state index contributed by atoms with van der Waals surface area (Å²) < 4.78 is 0. The molecule has 0 unspecified atom stereocenters. The topological polar surface area (TPSA) is 81.7 Å². The van der Waals surface area contributed by atoms with E-state index in [0.717, 1.165) is 57.7 Å². The maximum Gasteiger partial charge on any atom is 0.242 e.